The van der Waals surface area contributed by atoms with Crippen molar-refractivity contribution in [3.05, 3.63) is 0 Å². The maximum atomic E-state index is 12.2. The first-order chi connectivity index (χ1) is 14.8. The number of amides is 1. The van der Waals surface area contributed by atoms with Crippen LogP contribution in [0, 0.1) is 11.3 Å². The molecule has 2 atom stereocenters. The first kappa shape index (κ1) is 29.1. The molecule has 8 nitrogen and oxygen atoms in total. The van der Waals surface area contributed by atoms with Crippen molar-refractivity contribution in [1.29, 1.82) is 0 Å². The van der Waals surface area contributed by atoms with Crippen molar-refractivity contribution < 1.29 is 45.7 Å². The van der Waals surface area contributed by atoms with Crippen LogP contribution < -0.4 is 21.7 Å². The van der Waals surface area contributed by atoms with E-state index >= 15 is 0 Å². The molecule has 0 unspecified atom stereocenters. The van der Waals surface area contributed by atoms with E-state index in [0.717, 1.165) is 31.6 Å². The number of piperidine rings is 1. The third kappa shape index (κ3) is 8.42. The first-order valence-corrected chi connectivity index (χ1v) is 12.0. The molecule has 186 valence electrons. The Hall–Kier alpha value is -0.982. The molecule has 1 amide bonds. The van der Waals surface area contributed by atoms with E-state index in [2.05, 4.69) is 0 Å². The fourth-order valence-corrected chi connectivity index (χ4v) is 4.99. The number of hydrogen-bond donors (Lipinski definition) is 2. The van der Waals surface area contributed by atoms with Gasteiger partial charge < -0.3 is 36.2 Å². The number of aliphatic carboxylic acids is 2. The quantitative estimate of drug-likeness (QED) is 0.393. The molecule has 0 aromatic heterocycles. The fourth-order valence-electron chi connectivity index (χ4n) is 4.99. The van der Waals surface area contributed by atoms with Gasteiger partial charge in [-0.15, -0.1) is 0 Å². The molecule has 0 radical (unpaired) electrons. The van der Waals surface area contributed by atoms with Crippen LogP contribution >= 0.6 is 0 Å². The molecule has 0 aromatic carbocycles. The number of nitrogens with two attached hydrogens (primary N) is 2. The van der Waals surface area contributed by atoms with Crippen molar-refractivity contribution in [2.75, 3.05) is 13.1 Å². The summed E-state index contributed by atoms with van der Waals surface area (Å²) in [6.45, 7) is 0.286. The van der Waals surface area contributed by atoms with Crippen LogP contribution in [0.1, 0.15) is 89.9 Å². The van der Waals surface area contributed by atoms with E-state index in [-0.39, 0.29) is 65.0 Å². The number of nitrogens with zero attached hydrogens (tertiary/aromatic N) is 1. The number of rotatable bonds is 6. The second-order valence-electron chi connectivity index (χ2n) is 9.55. The molecule has 0 bridgehead atoms. The number of hydrogen-bond acceptors (Lipinski definition) is 7. The third-order valence-corrected chi connectivity index (χ3v) is 7.35. The van der Waals surface area contributed by atoms with Gasteiger partial charge in [0.25, 0.3) is 0 Å². The molecule has 32 heavy (non-hydrogen) atoms. The summed E-state index contributed by atoms with van der Waals surface area (Å²) >= 11 is 0. The van der Waals surface area contributed by atoms with Gasteiger partial charge in [-0.2, -0.15) is 0 Å². The number of carbonyl (C=O) groups excluding carboxylic acids is 3. The molecule has 0 aromatic rings. The van der Waals surface area contributed by atoms with Crippen LogP contribution in [0.25, 0.3) is 0 Å². The topological polar surface area (TPSA) is 153 Å². The van der Waals surface area contributed by atoms with Crippen molar-refractivity contribution in [3.8, 4) is 0 Å². The molecule has 2 saturated carbocycles. The minimum absolute atomic E-state index is 0. The smallest absolute Gasteiger partial charge is 0.549 e. The van der Waals surface area contributed by atoms with E-state index in [9.17, 15) is 24.6 Å². The Balaban J connectivity index is 0.000000480. The second kappa shape index (κ2) is 14.3. The van der Waals surface area contributed by atoms with Crippen LogP contribution in [-0.2, 0) is 35.4 Å². The van der Waals surface area contributed by atoms with Crippen LogP contribution in [0.3, 0.4) is 0 Å². The van der Waals surface area contributed by atoms with Crippen molar-refractivity contribution in [2.24, 2.45) is 22.8 Å². The maximum Gasteiger partial charge on any atom is 2.00 e. The molecule has 3 fully saturated rings. The summed E-state index contributed by atoms with van der Waals surface area (Å²) in [5.74, 6) is -2.49. The molecule has 0 spiro atoms. The van der Waals surface area contributed by atoms with Crippen LogP contribution in [0.4, 0.5) is 0 Å². The Labute approximate surface area is 206 Å². The average molecular weight is 633 g/mol. The second-order valence-corrected chi connectivity index (χ2v) is 9.55. The standard InChI is InChI=1S/C17H27NO5.C6H14N2.Pt/c19-14(8-4-7-13-5-2-1-3-6-13)18-11-9-17(10-12-18,15(20)21)16(22)23;7-5-3-1-2-4-6(5)8;/h13H,1-12H2,(H,20,21)(H,22,23);5-6H,1-4,7-8H2;/q;;+2/p-2/t;5-,6-;/m.1./s1. The van der Waals surface area contributed by atoms with Gasteiger partial charge in [0.15, 0.2) is 0 Å². The molecule has 1 aliphatic heterocycles. The fraction of sp³-hybridized carbons (Fsp3) is 0.870. The molecule has 1 saturated heterocycles. The largest absolute Gasteiger partial charge is 2.00 e. The van der Waals surface area contributed by atoms with Gasteiger partial charge in [-0.3, -0.25) is 4.79 Å². The number of likely N-dealkylation sites (tertiary alicyclic amines) is 1. The molecule has 2 aliphatic carbocycles. The van der Waals surface area contributed by atoms with E-state index in [1.54, 1.807) is 4.90 Å². The third-order valence-electron chi connectivity index (χ3n) is 7.35. The molecular weight excluding hydrogens is 593 g/mol. The normalized spacial score (nSPS) is 25.6. The van der Waals surface area contributed by atoms with Crippen molar-refractivity contribution >= 4 is 17.8 Å². The molecule has 1 heterocycles. The Morgan fingerprint density at radius 1 is 0.812 bits per heavy atom. The van der Waals surface area contributed by atoms with E-state index in [1.807, 2.05) is 0 Å². The summed E-state index contributed by atoms with van der Waals surface area (Å²) in [5.41, 5.74) is 9.36. The van der Waals surface area contributed by atoms with Gasteiger partial charge >= 0.3 is 21.1 Å². The van der Waals surface area contributed by atoms with E-state index in [1.165, 1.54) is 44.9 Å². The predicted molar refractivity (Wildman–Crippen MR) is 113 cm³/mol. The summed E-state index contributed by atoms with van der Waals surface area (Å²) in [7, 11) is 0. The molecule has 3 aliphatic rings. The van der Waals surface area contributed by atoms with Crippen LogP contribution in [0.2, 0.25) is 0 Å². The van der Waals surface area contributed by atoms with Gasteiger partial charge in [0, 0.05) is 31.6 Å². The zero-order valence-electron chi connectivity index (χ0n) is 19.0. The summed E-state index contributed by atoms with van der Waals surface area (Å²) in [6, 6.07) is 0.562. The number of carbonyl (C=O) groups is 3. The van der Waals surface area contributed by atoms with Gasteiger partial charge in [0.1, 0.15) is 0 Å². The van der Waals surface area contributed by atoms with Gasteiger partial charge in [0.05, 0.1) is 17.4 Å². The Morgan fingerprint density at radius 3 is 1.72 bits per heavy atom. The average Bonchev–Trinajstić information content (AvgIpc) is 2.76. The monoisotopic (exact) mass is 632 g/mol. The predicted octanol–water partition coefficient (Wildman–Crippen LogP) is 0.0581. The zero-order valence-corrected chi connectivity index (χ0v) is 21.3. The van der Waals surface area contributed by atoms with Crippen molar-refractivity contribution in [2.45, 2.75) is 102 Å². The van der Waals surface area contributed by atoms with E-state index in [4.69, 9.17) is 11.5 Å². The van der Waals surface area contributed by atoms with Gasteiger partial charge in [0.2, 0.25) is 5.91 Å². The van der Waals surface area contributed by atoms with E-state index in [0.29, 0.717) is 6.42 Å². The Bertz CT molecular complexity index is 578. The van der Waals surface area contributed by atoms with Crippen molar-refractivity contribution in [1.82, 2.24) is 4.90 Å². The molecule has 3 rings (SSSR count). The molecular formula is C23H39N3O5Pt. The summed E-state index contributed by atoms with van der Waals surface area (Å²) in [5, 5.41) is 22.2. The van der Waals surface area contributed by atoms with Gasteiger partial charge in [-0.1, -0.05) is 44.9 Å². The maximum absolute atomic E-state index is 12.2. The minimum Gasteiger partial charge on any atom is -0.549 e. The van der Waals surface area contributed by atoms with Crippen LogP contribution in [0.15, 0.2) is 0 Å². The van der Waals surface area contributed by atoms with Crippen molar-refractivity contribution in [3.63, 3.8) is 0 Å². The number of carboxylic acid groups (broad SMARTS) is 2. The summed E-state index contributed by atoms with van der Waals surface area (Å²) in [6.07, 6.45) is 13.3. The number of carboxylic acids is 2. The SMILES string of the molecule is N[C@@H]1CCCC[C@H]1N.O=C(CCCC1CCCCC1)N1CCC(C(=O)[O-])(C(=O)[O-])CC1.[Pt+2]. The minimum atomic E-state index is -1.95. The molecule has 4 N–H and O–H groups in total. The molecule has 9 heteroatoms. The first-order valence-electron chi connectivity index (χ1n) is 12.0. The summed E-state index contributed by atoms with van der Waals surface area (Å²) in [4.78, 5) is 36.0. The van der Waals surface area contributed by atoms with Gasteiger partial charge in [-0.25, -0.2) is 0 Å². The zero-order chi connectivity index (χ0) is 22.9. The van der Waals surface area contributed by atoms with Crippen LogP contribution in [0.5, 0.6) is 0 Å². The van der Waals surface area contributed by atoms with Crippen LogP contribution in [-0.4, -0.2) is 47.9 Å². The summed E-state index contributed by atoms with van der Waals surface area (Å²) < 4.78 is 0. The Morgan fingerprint density at radius 2 is 1.28 bits per heavy atom. The van der Waals surface area contributed by atoms with Gasteiger partial charge in [-0.05, 0) is 44.4 Å². The van der Waals surface area contributed by atoms with E-state index < -0.39 is 17.4 Å². The Kier molecular flexibility index (Phi) is 13.0.